The first-order valence-corrected chi connectivity index (χ1v) is 9.23. The van der Waals surface area contributed by atoms with E-state index in [1.165, 1.54) is 0 Å². The highest BCUT2D eigenvalue weighted by Gasteiger charge is 2.26. The molecule has 3 N–H and O–H groups in total. The maximum absolute atomic E-state index is 11.6. The van der Waals surface area contributed by atoms with E-state index in [2.05, 4.69) is 5.32 Å². The fourth-order valence-corrected chi connectivity index (χ4v) is 2.22. The van der Waals surface area contributed by atoms with Gasteiger partial charge in [-0.1, -0.05) is 0 Å². The lowest BCUT2D eigenvalue weighted by atomic mass is 9.83. The molecule has 0 aromatic heterocycles. The first kappa shape index (κ1) is 21.1. The number of carbonyl (C=O) groups excluding carboxylic acids is 1. The van der Waals surface area contributed by atoms with Gasteiger partial charge in [0.25, 0.3) is 10.1 Å². The zero-order chi connectivity index (χ0) is 17.6. The Morgan fingerprint density at radius 3 is 1.95 bits per heavy atom. The second kappa shape index (κ2) is 8.69. The Morgan fingerprint density at radius 2 is 1.64 bits per heavy atom. The summed E-state index contributed by atoms with van der Waals surface area (Å²) in [6.07, 6.45) is 3.93. The van der Waals surface area contributed by atoms with Crippen LogP contribution < -0.4 is 5.32 Å². The number of hydrogen-bond acceptors (Lipinski definition) is 5. The molecule has 0 heterocycles. The Kier molecular flexibility index (Phi) is 8.35. The molecule has 0 spiro atoms. The summed E-state index contributed by atoms with van der Waals surface area (Å²) in [5, 5.41) is 12.4. The van der Waals surface area contributed by atoms with Crippen LogP contribution in [0.25, 0.3) is 0 Å². The molecule has 0 bridgehead atoms. The molecule has 1 rings (SSSR count). The van der Waals surface area contributed by atoms with E-state index in [9.17, 15) is 18.3 Å². The second-order valence-corrected chi connectivity index (χ2v) is 8.20. The minimum atomic E-state index is -3.67. The van der Waals surface area contributed by atoms with Gasteiger partial charge in [0.15, 0.2) is 0 Å². The number of hydrogen-bond donors (Lipinski definition) is 3. The third-order valence-electron chi connectivity index (χ3n) is 3.17. The molecule has 1 unspecified atom stereocenters. The molecule has 1 aliphatic rings. The number of ether oxygens (including phenoxy) is 1. The van der Waals surface area contributed by atoms with E-state index in [0.29, 0.717) is 12.2 Å². The second-order valence-electron chi connectivity index (χ2n) is 6.73. The van der Waals surface area contributed by atoms with Gasteiger partial charge in [-0.2, -0.15) is 8.42 Å². The Balaban J connectivity index is 0.000000763. The molecular formula is C14H29NO6S. The number of alkyl carbamates (subject to hydrolysis) is 1. The SMILES string of the molecule is CC(O)[C@H]1CC[C@H](NC(=O)OC(C)(C)C)CC1.CS(=O)(=O)O. The summed E-state index contributed by atoms with van der Waals surface area (Å²) < 4.78 is 31.1. The van der Waals surface area contributed by atoms with Crippen LogP contribution >= 0.6 is 0 Å². The topological polar surface area (TPSA) is 113 Å². The monoisotopic (exact) mass is 339 g/mol. The van der Waals surface area contributed by atoms with Gasteiger partial charge in [-0.15, -0.1) is 0 Å². The summed E-state index contributed by atoms with van der Waals surface area (Å²) in [5.74, 6) is 0.381. The zero-order valence-electron chi connectivity index (χ0n) is 14.0. The Bertz CT molecular complexity index is 425. The molecule has 1 aliphatic carbocycles. The van der Waals surface area contributed by atoms with Crippen LogP contribution in [0.4, 0.5) is 4.79 Å². The molecule has 1 amide bonds. The highest BCUT2D eigenvalue weighted by molar-refractivity contribution is 7.85. The maximum atomic E-state index is 11.6. The Morgan fingerprint density at radius 1 is 1.23 bits per heavy atom. The number of aliphatic hydroxyl groups excluding tert-OH is 1. The summed E-state index contributed by atoms with van der Waals surface area (Å²) in [6, 6.07) is 0.194. The van der Waals surface area contributed by atoms with Gasteiger partial charge in [0.05, 0.1) is 12.4 Å². The molecular weight excluding hydrogens is 310 g/mol. The first-order valence-electron chi connectivity index (χ1n) is 7.38. The third kappa shape index (κ3) is 12.8. The quantitative estimate of drug-likeness (QED) is 0.663. The minimum Gasteiger partial charge on any atom is -0.444 e. The van der Waals surface area contributed by atoms with Crippen LogP contribution in [0.3, 0.4) is 0 Å². The molecule has 0 saturated heterocycles. The smallest absolute Gasteiger partial charge is 0.407 e. The van der Waals surface area contributed by atoms with Crippen molar-refractivity contribution < 1.29 is 27.6 Å². The van der Waals surface area contributed by atoms with Crippen molar-refractivity contribution in [2.24, 2.45) is 5.92 Å². The van der Waals surface area contributed by atoms with Crippen LogP contribution in [0.1, 0.15) is 53.4 Å². The molecule has 0 radical (unpaired) electrons. The summed E-state index contributed by atoms with van der Waals surface area (Å²) in [4.78, 5) is 11.6. The standard InChI is InChI=1S/C13H25NO3.CH4O3S/c1-9(15)10-5-7-11(8-6-10)14-12(16)17-13(2,3)4;1-5(2,3)4/h9-11,15H,5-8H2,1-4H3,(H,14,16);1H3,(H,2,3,4)/t9?,10-,11-;. The highest BCUT2D eigenvalue weighted by Crippen LogP contribution is 2.27. The van der Waals surface area contributed by atoms with E-state index in [0.717, 1.165) is 25.7 Å². The number of nitrogens with one attached hydrogen (secondary N) is 1. The number of carbonyl (C=O) groups is 1. The predicted molar refractivity (Wildman–Crippen MR) is 84.3 cm³/mol. The van der Waals surface area contributed by atoms with E-state index < -0.39 is 15.7 Å². The van der Waals surface area contributed by atoms with Crippen molar-refractivity contribution in [2.75, 3.05) is 6.26 Å². The maximum Gasteiger partial charge on any atom is 0.407 e. The van der Waals surface area contributed by atoms with Crippen molar-refractivity contribution in [2.45, 2.75) is 71.1 Å². The average molecular weight is 339 g/mol. The van der Waals surface area contributed by atoms with Gasteiger partial charge in [0.2, 0.25) is 0 Å². The fourth-order valence-electron chi connectivity index (χ4n) is 2.22. The van der Waals surface area contributed by atoms with E-state index in [-0.39, 0.29) is 18.2 Å². The molecule has 8 heteroatoms. The number of aliphatic hydroxyl groups is 1. The molecule has 1 saturated carbocycles. The molecule has 132 valence electrons. The minimum absolute atomic E-state index is 0.194. The van der Waals surface area contributed by atoms with Crippen molar-refractivity contribution in [3.8, 4) is 0 Å². The molecule has 7 nitrogen and oxygen atoms in total. The van der Waals surface area contributed by atoms with Crippen molar-refractivity contribution >= 4 is 16.2 Å². The normalized spacial score (nSPS) is 23.8. The van der Waals surface area contributed by atoms with Gasteiger partial charge in [0, 0.05) is 6.04 Å². The molecule has 0 aromatic carbocycles. The highest BCUT2D eigenvalue weighted by atomic mass is 32.2. The molecule has 0 aromatic rings. The van der Waals surface area contributed by atoms with E-state index in [1.54, 1.807) is 0 Å². The number of rotatable bonds is 2. The van der Waals surface area contributed by atoms with E-state index >= 15 is 0 Å². The molecule has 1 fully saturated rings. The van der Waals surface area contributed by atoms with E-state index in [1.807, 2.05) is 27.7 Å². The zero-order valence-corrected chi connectivity index (χ0v) is 14.8. The predicted octanol–water partition coefficient (Wildman–Crippen LogP) is 1.95. The summed E-state index contributed by atoms with van der Waals surface area (Å²) in [6.45, 7) is 7.41. The van der Waals surface area contributed by atoms with Crippen LogP contribution in [0.5, 0.6) is 0 Å². The van der Waals surface area contributed by atoms with Crippen LogP contribution in [-0.2, 0) is 14.9 Å². The largest absolute Gasteiger partial charge is 0.444 e. The van der Waals surface area contributed by atoms with Crippen LogP contribution in [0, 0.1) is 5.92 Å². The van der Waals surface area contributed by atoms with Gasteiger partial charge in [0.1, 0.15) is 5.60 Å². The van der Waals surface area contributed by atoms with Gasteiger partial charge in [-0.25, -0.2) is 4.79 Å². The van der Waals surface area contributed by atoms with Gasteiger partial charge in [-0.3, -0.25) is 4.55 Å². The van der Waals surface area contributed by atoms with Crippen LogP contribution in [0.2, 0.25) is 0 Å². The Labute approximate surface area is 133 Å². The van der Waals surface area contributed by atoms with E-state index in [4.69, 9.17) is 9.29 Å². The molecule has 0 aliphatic heterocycles. The fraction of sp³-hybridized carbons (Fsp3) is 0.929. The molecule has 22 heavy (non-hydrogen) atoms. The van der Waals surface area contributed by atoms with Crippen molar-refractivity contribution in [1.82, 2.24) is 5.32 Å². The lowest BCUT2D eigenvalue weighted by Crippen LogP contribution is -2.41. The average Bonchev–Trinajstić information content (AvgIpc) is 2.24. The van der Waals surface area contributed by atoms with Crippen molar-refractivity contribution in [3.05, 3.63) is 0 Å². The van der Waals surface area contributed by atoms with Gasteiger partial charge in [-0.05, 0) is 59.3 Å². The first-order chi connectivity index (χ1) is 9.78. The van der Waals surface area contributed by atoms with Crippen molar-refractivity contribution in [1.29, 1.82) is 0 Å². The number of amides is 1. The lowest BCUT2D eigenvalue weighted by Gasteiger charge is -2.31. The van der Waals surface area contributed by atoms with Crippen molar-refractivity contribution in [3.63, 3.8) is 0 Å². The summed E-state index contributed by atoms with van der Waals surface area (Å²) in [5.41, 5.74) is -0.444. The van der Waals surface area contributed by atoms with Gasteiger partial charge >= 0.3 is 6.09 Å². The lowest BCUT2D eigenvalue weighted by molar-refractivity contribution is 0.0463. The van der Waals surface area contributed by atoms with Crippen LogP contribution in [0.15, 0.2) is 0 Å². The summed E-state index contributed by atoms with van der Waals surface area (Å²) >= 11 is 0. The van der Waals surface area contributed by atoms with Crippen LogP contribution in [-0.4, -0.2) is 48.2 Å². The Hall–Kier alpha value is -0.860. The molecule has 1 atom stereocenters. The summed E-state index contributed by atoms with van der Waals surface area (Å²) in [7, 11) is -3.67. The third-order valence-corrected chi connectivity index (χ3v) is 3.17. The van der Waals surface area contributed by atoms with Gasteiger partial charge < -0.3 is 15.2 Å².